The summed E-state index contributed by atoms with van der Waals surface area (Å²) in [5, 5.41) is 8.57. The van der Waals surface area contributed by atoms with Crippen molar-refractivity contribution in [2.24, 2.45) is 0 Å². The zero-order chi connectivity index (χ0) is 10.5. The van der Waals surface area contributed by atoms with Crippen molar-refractivity contribution in [1.82, 2.24) is 4.90 Å². The topological polar surface area (TPSA) is 27.0 Å². The van der Waals surface area contributed by atoms with Crippen molar-refractivity contribution in [3.8, 4) is 6.07 Å². The Kier molecular flexibility index (Phi) is 4.78. The molecule has 76 valence electrons. The summed E-state index contributed by atoms with van der Waals surface area (Å²) in [7, 11) is 0. The molecule has 0 spiro atoms. The SMILES string of the molecule is CCC(C#N)N(CC)CC(F)(F)F. The predicted molar refractivity (Wildman–Crippen MR) is 43.0 cm³/mol. The highest BCUT2D eigenvalue weighted by Crippen LogP contribution is 2.18. The molecule has 0 aromatic heterocycles. The minimum atomic E-state index is -4.22. The standard InChI is InChI=1S/C8H13F3N2/c1-3-7(5-12)13(4-2)6-8(9,10)11/h7H,3-4,6H2,1-2H3. The van der Waals surface area contributed by atoms with Gasteiger partial charge in [0.2, 0.25) is 0 Å². The van der Waals surface area contributed by atoms with Crippen molar-refractivity contribution in [1.29, 1.82) is 5.26 Å². The smallest absolute Gasteiger partial charge is 0.280 e. The first kappa shape index (κ1) is 12.2. The minimum Gasteiger partial charge on any atom is -0.280 e. The fourth-order valence-corrected chi connectivity index (χ4v) is 1.10. The lowest BCUT2D eigenvalue weighted by Gasteiger charge is -2.25. The summed E-state index contributed by atoms with van der Waals surface area (Å²) in [6.45, 7) is 2.56. The van der Waals surface area contributed by atoms with Crippen molar-refractivity contribution in [2.75, 3.05) is 13.1 Å². The maximum absolute atomic E-state index is 12.0. The van der Waals surface area contributed by atoms with Gasteiger partial charge in [0.05, 0.1) is 18.7 Å². The Hall–Kier alpha value is -0.760. The molecule has 0 aliphatic carbocycles. The van der Waals surface area contributed by atoms with Gasteiger partial charge in [0.25, 0.3) is 0 Å². The van der Waals surface area contributed by atoms with Crippen LogP contribution in [0.1, 0.15) is 20.3 Å². The van der Waals surface area contributed by atoms with Crippen LogP contribution in [0.5, 0.6) is 0 Å². The highest BCUT2D eigenvalue weighted by molar-refractivity contribution is 4.90. The molecule has 1 atom stereocenters. The molecule has 0 rings (SSSR count). The fourth-order valence-electron chi connectivity index (χ4n) is 1.10. The van der Waals surface area contributed by atoms with Gasteiger partial charge in [0.1, 0.15) is 0 Å². The third-order valence-electron chi connectivity index (χ3n) is 1.77. The third kappa shape index (κ3) is 4.73. The average Bonchev–Trinajstić information content (AvgIpc) is 2.02. The van der Waals surface area contributed by atoms with Crippen LogP contribution in [-0.4, -0.2) is 30.2 Å². The molecule has 0 fully saturated rings. The van der Waals surface area contributed by atoms with Crippen LogP contribution in [-0.2, 0) is 0 Å². The Balaban J connectivity index is 4.26. The first-order chi connectivity index (χ1) is 5.94. The van der Waals surface area contributed by atoms with Gasteiger partial charge in [-0.2, -0.15) is 18.4 Å². The fraction of sp³-hybridized carbons (Fsp3) is 0.875. The van der Waals surface area contributed by atoms with Crippen LogP contribution in [0.15, 0.2) is 0 Å². The van der Waals surface area contributed by atoms with Crippen LogP contribution in [0.2, 0.25) is 0 Å². The lowest BCUT2D eigenvalue weighted by molar-refractivity contribution is -0.148. The second kappa shape index (κ2) is 5.07. The monoisotopic (exact) mass is 194 g/mol. The second-order valence-corrected chi connectivity index (χ2v) is 2.73. The molecular weight excluding hydrogens is 181 g/mol. The third-order valence-corrected chi connectivity index (χ3v) is 1.77. The van der Waals surface area contributed by atoms with Gasteiger partial charge in [-0.05, 0) is 13.0 Å². The van der Waals surface area contributed by atoms with Crippen molar-refractivity contribution < 1.29 is 13.2 Å². The number of nitrogens with zero attached hydrogens (tertiary/aromatic N) is 2. The van der Waals surface area contributed by atoms with Crippen LogP contribution in [0.3, 0.4) is 0 Å². The highest BCUT2D eigenvalue weighted by Gasteiger charge is 2.32. The molecule has 0 aliphatic rings. The van der Waals surface area contributed by atoms with Gasteiger partial charge in [0.15, 0.2) is 0 Å². The molecule has 0 N–H and O–H groups in total. The molecule has 0 aromatic carbocycles. The van der Waals surface area contributed by atoms with Crippen LogP contribution < -0.4 is 0 Å². The molecule has 0 heterocycles. The summed E-state index contributed by atoms with van der Waals surface area (Å²) in [4.78, 5) is 1.12. The Morgan fingerprint density at radius 1 is 1.38 bits per heavy atom. The van der Waals surface area contributed by atoms with Crippen LogP contribution in [0.25, 0.3) is 0 Å². The van der Waals surface area contributed by atoms with E-state index in [1.54, 1.807) is 13.8 Å². The lowest BCUT2D eigenvalue weighted by atomic mass is 10.2. The zero-order valence-electron chi connectivity index (χ0n) is 7.73. The molecule has 0 bridgehead atoms. The zero-order valence-corrected chi connectivity index (χ0v) is 7.73. The summed E-state index contributed by atoms with van der Waals surface area (Å²) in [6.07, 6.45) is -3.80. The maximum Gasteiger partial charge on any atom is 0.401 e. The average molecular weight is 194 g/mol. The first-order valence-corrected chi connectivity index (χ1v) is 4.15. The molecule has 0 aromatic rings. The summed E-state index contributed by atoms with van der Waals surface area (Å²) in [5.41, 5.74) is 0. The van der Waals surface area contributed by atoms with Crippen LogP contribution in [0, 0.1) is 11.3 Å². The van der Waals surface area contributed by atoms with E-state index in [9.17, 15) is 13.2 Å². The molecule has 1 unspecified atom stereocenters. The van der Waals surface area contributed by atoms with Gasteiger partial charge < -0.3 is 0 Å². The number of halogens is 3. The van der Waals surface area contributed by atoms with Gasteiger partial charge in [-0.3, -0.25) is 4.90 Å². The quantitative estimate of drug-likeness (QED) is 0.685. The van der Waals surface area contributed by atoms with Crippen LogP contribution >= 0.6 is 0 Å². The molecule has 5 heteroatoms. The molecular formula is C8H13F3N2. The lowest BCUT2D eigenvalue weighted by Crippen LogP contribution is -2.40. The molecule has 0 radical (unpaired) electrons. The van der Waals surface area contributed by atoms with E-state index in [-0.39, 0.29) is 6.54 Å². The largest absolute Gasteiger partial charge is 0.401 e. The summed E-state index contributed by atoms with van der Waals surface area (Å²) < 4.78 is 35.9. The van der Waals surface area contributed by atoms with Gasteiger partial charge in [-0.1, -0.05) is 13.8 Å². The first-order valence-electron chi connectivity index (χ1n) is 4.15. The Morgan fingerprint density at radius 2 is 1.92 bits per heavy atom. The molecule has 0 aliphatic heterocycles. The predicted octanol–water partition coefficient (Wildman–Crippen LogP) is 2.17. The molecule has 0 saturated heterocycles. The van der Waals surface area contributed by atoms with Gasteiger partial charge in [-0.25, -0.2) is 0 Å². The van der Waals surface area contributed by atoms with E-state index < -0.39 is 18.8 Å². The van der Waals surface area contributed by atoms with Crippen LogP contribution in [0.4, 0.5) is 13.2 Å². The van der Waals surface area contributed by atoms with E-state index in [4.69, 9.17) is 5.26 Å². The highest BCUT2D eigenvalue weighted by atomic mass is 19.4. The number of hydrogen-bond donors (Lipinski definition) is 0. The minimum absolute atomic E-state index is 0.242. The number of hydrogen-bond acceptors (Lipinski definition) is 2. The van der Waals surface area contributed by atoms with E-state index in [0.29, 0.717) is 6.42 Å². The summed E-state index contributed by atoms with van der Waals surface area (Å²) in [6, 6.07) is 1.22. The molecule has 0 amide bonds. The van der Waals surface area contributed by atoms with E-state index in [1.807, 2.05) is 6.07 Å². The molecule has 2 nitrogen and oxygen atoms in total. The van der Waals surface area contributed by atoms with Crippen molar-refractivity contribution in [3.63, 3.8) is 0 Å². The van der Waals surface area contributed by atoms with Gasteiger partial charge in [0, 0.05) is 0 Å². The maximum atomic E-state index is 12.0. The molecule has 13 heavy (non-hydrogen) atoms. The number of rotatable bonds is 4. The summed E-state index contributed by atoms with van der Waals surface area (Å²) >= 11 is 0. The van der Waals surface area contributed by atoms with E-state index in [2.05, 4.69) is 0 Å². The number of alkyl halides is 3. The van der Waals surface area contributed by atoms with Gasteiger partial charge in [-0.15, -0.1) is 0 Å². The summed E-state index contributed by atoms with van der Waals surface area (Å²) in [5.74, 6) is 0. The Bertz CT molecular complexity index is 183. The van der Waals surface area contributed by atoms with E-state index >= 15 is 0 Å². The van der Waals surface area contributed by atoms with Crippen molar-refractivity contribution in [3.05, 3.63) is 0 Å². The van der Waals surface area contributed by atoms with E-state index in [1.165, 1.54) is 0 Å². The number of nitriles is 1. The van der Waals surface area contributed by atoms with Gasteiger partial charge >= 0.3 is 6.18 Å². The van der Waals surface area contributed by atoms with Crippen molar-refractivity contribution in [2.45, 2.75) is 32.5 Å². The van der Waals surface area contributed by atoms with Crippen molar-refractivity contribution >= 4 is 0 Å². The normalized spacial score (nSPS) is 14.2. The second-order valence-electron chi connectivity index (χ2n) is 2.73. The Morgan fingerprint density at radius 3 is 2.15 bits per heavy atom. The van der Waals surface area contributed by atoms with E-state index in [0.717, 1.165) is 4.90 Å². The Labute approximate surface area is 75.9 Å². The molecule has 0 saturated carbocycles.